The first-order valence-corrected chi connectivity index (χ1v) is 12.8. The Morgan fingerprint density at radius 2 is 1.68 bits per heavy atom. The van der Waals surface area contributed by atoms with E-state index in [0.717, 1.165) is 42.2 Å². The van der Waals surface area contributed by atoms with E-state index in [4.69, 9.17) is 0 Å². The number of piperazine rings is 1. The van der Waals surface area contributed by atoms with Gasteiger partial charge in [-0.3, -0.25) is 9.59 Å². The monoisotopic (exact) mass is 508 g/mol. The number of aromatic nitrogens is 2. The molecular weight excluding hydrogens is 476 g/mol. The zero-order chi connectivity index (χ0) is 26.1. The Morgan fingerprint density at radius 1 is 1.03 bits per heavy atom. The Labute approximate surface area is 215 Å². The zero-order valence-corrected chi connectivity index (χ0v) is 20.9. The Bertz CT molecular complexity index is 1180. The fourth-order valence-corrected chi connectivity index (χ4v) is 5.62. The van der Waals surface area contributed by atoms with E-state index in [9.17, 15) is 24.3 Å². The Morgan fingerprint density at radius 3 is 2.32 bits per heavy atom. The van der Waals surface area contributed by atoms with Gasteiger partial charge in [-0.2, -0.15) is 5.10 Å². The number of hydrogen-bond donors (Lipinski definition) is 2. The van der Waals surface area contributed by atoms with Gasteiger partial charge in [0, 0.05) is 26.2 Å². The number of amides is 4. The van der Waals surface area contributed by atoms with Crippen molar-refractivity contribution in [1.82, 2.24) is 29.8 Å². The summed E-state index contributed by atoms with van der Waals surface area (Å²) in [4.78, 5) is 55.2. The third-order valence-corrected chi connectivity index (χ3v) is 7.80. The highest BCUT2D eigenvalue weighted by atomic mass is 16.4. The van der Waals surface area contributed by atoms with E-state index < -0.39 is 29.9 Å². The second kappa shape index (κ2) is 10.3. The molecule has 0 radical (unpaired) electrons. The smallest absolute Gasteiger partial charge is 0.327 e. The SMILES string of the molecule is Cc1c(C(=O)N2CCN(C(=O)N3C(=O)[C@H](CC4CCNCC4)[C@H]3C(=O)O)CC2)cnn1-c1ccccc1. The van der Waals surface area contributed by atoms with Crippen LogP contribution in [0.1, 0.15) is 35.3 Å². The zero-order valence-electron chi connectivity index (χ0n) is 20.9. The minimum Gasteiger partial charge on any atom is -0.480 e. The van der Waals surface area contributed by atoms with Crippen LogP contribution < -0.4 is 5.32 Å². The fourth-order valence-electron chi connectivity index (χ4n) is 5.62. The first kappa shape index (κ1) is 24.9. The lowest BCUT2D eigenvalue weighted by Gasteiger charge is -2.47. The summed E-state index contributed by atoms with van der Waals surface area (Å²) in [6.45, 7) is 4.60. The van der Waals surface area contributed by atoms with Crippen LogP contribution >= 0.6 is 0 Å². The van der Waals surface area contributed by atoms with Crippen molar-refractivity contribution in [3.05, 3.63) is 47.8 Å². The van der Waals surface area contributed by atoms with Crippen molar-refractivity contribution < 1.29 is 24.3 Å². The number of carbonyl (C=O) groups is 4. The van der Waals surface area contributed by atoms with E-state index >= 15 is 0 Å². The lowest BCUT2D eigenvalue weighted by atomic mass is 9.78. The third kappa shape index (κ3) is 4.71. The number of urea groups is 1. The van der Waals surface area contributed by atoms with Gasteiger partial charge in [-0.25, -0.2) is 19.2 Å². The standard InChI is InChI=1S/C26H32N6O5/c1-17-21(16-28-32(17)19-5-3-2-4-6-19)23(33)29-11-13-30(14-12-29)26(37)31-22(25(35)36)20(24(31)34)15-18-7-9-27-10-8-18/h2-6,16,18,20,22,27H,7-15H2,1H3,(H,35,36)/t20-,22+/m1/s1. The number of nitrogens with one attached hydrogen (secondary N) is 1. The van der Waals surface area contributed by atoms with Crippen LogP contribution in [-0.4, -0.2) is 98.7 Å². The number of β-lactam (4-membered cyclic amide) rings is 1. The molecule has 4 amide bonds. The molecule has 3 aliphatic heterocycles. The molecule has 3 aliphatic rings. The summed E-state index contributed by atoms with van der Waals surface area (Å²) in [6, 6.07) is 7.84. The molecule has 1 aromatic heterocycles. The maximum absolute atomic E-state index is 13.2. The molecule has 3 saturated heterocycles. The predicted octanol–water partition coefficient (Wildman–Crippen LogP) is 1.36. The minimum atomic E-state index is -1.15. The van der Waals surface area contributed by atoms with Gasteiger partial charge in [0.1, 0.15) is 0 Å². The highest BCUT2D eigenvalue weighted by Crippen LogP contribution is 2.35. The topological polar surface area (TPSA) is 128 Å². The number of carboxylic acids is 1. The molecule has 2 atom stereocenters. The van der Waals surface area contributed by atoms with E-state index in [-0.39, 0.29) is 19.0 Å². The second-order valence-electron chi connectivity index (χ2n) is 9.98. The van der Waals surface area contributed by atoms with Crippen molar-refractivity contribution in [3.8, 4) is 5.69 Å². The molecular formula is C26H32N6O5. The van der Waals surface area contributed by atoms with Crippen LogP contribution in [0.25, 0.3) is 5.69 Å². The average molecular weight is 509 g/mol. The summed E-state index contributed by atoms with van der Waals surface area (Å²) in [6.07, 6.45) is 3.87. The molecule has 1 aromatic carbocycles. The first-order valence-electron chi connectivity index (χ1n) is 12.8. The molecule has 0 spiro atoms. The molecule has 0 aliphatic carbocycles. The van der Waals surface area contributed by atoms with E-state index in [1.807, 2.05) is 37.3 Å². The van der Waals surface area contributed by atoms with Crippen LogP contribution in [-0.2, 0) is 9.59 Å². The number of imide groups is 1. The number of carboxylic acid groups (broad SMARTS) is 1. The molecule has 5 rings (SSSR count). The van der Waals surface area contributed by atoms with Gasteiger partial charge in [-0.05, 0) is 57.3 Å². The molecule has 11 heteroatoms. The van der Waals surface area contributed by atoms with E-state index in [1.54, 1.807) is 15.8 Å². The number of aliphatic carboxylic acids is 1. The number of carbonyl (C=O) groups excluding carboxylic acids is 3. The number of hydrogen-bond acceptors (Lipinski definition) is 6. The molecule has 3 fully saturated rings. The normalized spacial score (nSPS) is 22.6. The van der Waals surface area contributed by atoms with Crippen molar-refractivity contribution >= 4 is 23.8 Å². The van der Waals surface area contributed by atoms with Crippen LogP contribution in [0.3, 0.4) is 0 Å². The Hall–Kier alpha value is -3.73. The van der Waals surface area contributed by atoms with E-state index in [0.29, 0.717) is 31.0 Å². The molecule has 2 N–H and O–H groups in total. The van der Waals surface area contributed by atoms with Crippen LogP contribution in [0.2, 0.25) is 0 Å². The Balaban J connectivity index is 1.20. The average Bonchev–Trinajstić information content (AvgIpc) is 3.31. The lowest BCUT2D eigenvalue weighted by Crippen LogP contribution is -2.69. The molecule has 196 valence electrons. The number of nitrogens with zero attached hydrogens (tertiary/aromatic N) is 5. The van der Waals surface area contributed by atoms with Crippen LogP contribution in [0, 0.1) is 18.8 Å². The van der Waals surface area contributed by atoms with Gasteiger partial charge in [-0.15, -0.1) is 0 Å². The van der Waals surface area contributed by atoms with Crippen molar-refractivity contribution in [2.75, 3.05) is 39.3 Å². The maximum atomic E-state index is 13.2. The lowest BCUT2D eigenvalue weighted by molar-refractivity contribution is -0.167. The summed E-state index contributed by atoms with van der Waals surface area (Å²) >= 11 is 0. The summed E-state index contributed by atoms with van der Waals surface area (Å²) < 4.78 is 1.72. The second-order valence-corrected chi connectivity index (χ2v) is 9.98. The molecule has 4 heterocycles. The molecule has 2 aromatic rings. The van der Waals surface area contributed by atoms with Gasteiger partial charge in [0.05, 0.1) is 29.1 Å². The van der Waals surface area contributed by atoms with Gasteiger partial charge in [0.25, 0.3) is 5.91 Å². The number of piperidine rings is 1. The van der Waals surface area contributed by atoms with Gasteiger partial charge in [0.2, 0.25) is 5.91 Å². The van der Waals surface area contributed by atoms with Gasteiger partial charge >= 0.3 is 12.0 Å². The Kier molecular flexibility index (Phi) is 6.96. The minimum absolute atomic E-state index is 0.169. The highest BCUT2D eigenvalue weighted by Gasteiger charge is 2.56. The fraction of sp³-hybridized carbons (Fsp3) is 0.500. The van der Waals surface area contributed by atoms with Crippen LogP contribution in [0.4, 0.5) is 4.79 Å². The summed E-state index contributed by atoms with van der Waals surface area (Å²) in [5.41, 5.74) is 2.08. The van der Waals surface area contributed by atoms with Gasteiger partial charge < -0.3 is 20.2 Å². The van der Waals surface area contributed by atoms with Crippen molar-refractivity contribution in [3.63, 3.8) is 0 Å². The predicted molar refractivity (Wildman–Crippen MR) is 133 cm³/mol. The summed E-state index contributed by atoms with van der Waals surface area (Å²) in [5, 5.41) is 17.4. The number of para-hydroxylation sites is 1. The third-order valence-electron chi connectivity index (χ3n) is 7.80. The van der Waals surface area contributed by atoms with Gasteiger partial charge in [0.15, 0.2) is 6.04 Å². The van der Waals surface area contributed by atoms with Crippen molar-refractivity contribution in [2.45, 2.75) is 32.2 Å². The molecule has 0 saturated carbocycles. The quantitative estimate of drug-likeness (QED) is 0.584. The number of likely N-dealkylation sites (tertiary alicyclic amines) is 1. The van der Waals surface area contributed by atoms with E-state index in [2.05, 4.69) is 10.4 Å². The number of benzene rings is 1. The molecule has 0 bridgehead atoms. The summed E-state index contributed by atoms with van der Waals surface area (Å²) in [5.74, 6) is -2.09. The first-order chi connectivity index (χ1) is 17.9. The van der Waals surface area contributed by atoms with Crippen molar-refractivity contribution in [2.24, 2.45) is 11.8 Å². The van der Waals surface area contributed by atoms with Crippen LogP contribution in [0.15, 0.2) is 36.5 Å². The maximum Gasteiger partial charge on any atom is 0.327 e. The van der Waals surface area contributed by atoms with Crippen molar-refractivity contribution in [1.29, 1.82) is 0 Å². The number of rotatable bonds is 5. The molecule has 0 unspecified atom stereocenters. The molecule has 11 nitrogen and oxygen atoms in total. The largest absolute Gasteiger partial charge is 0.480 e. The highest BCUT2D eigenvalue weighted by molar-refractivity contribution is 6.07. The molecule has 37 heavy (non-hydrogen) atoms. The van der Waals surface area contributed by atoms with E-state index in [1.165, 1.54) is 4.90 Å². The van der Waals surface area contributed by atoms with Crippen LogP contribution in [0.5, 0.6) is 0 Å². The summed E-state index contributed by atoms with van der Waals surface area (Å²) in [7, 11) is 0. The van der Waals surface area contributed by atoms with Gasteiger partial charge in [-0.1, -0.05) is 18.2 Å².